The molecular formula is C19H23N5O5. The van der Waals surface area contributed by atoms with Gasteiger partial charge in [-0.2, -0.15) is 0 Å². The van der Waals surface area contributed by atoms with Crippen molar-refractivity contribution >= 4 is 17.0 Å². The number of hydrogen-bond acceptors (Lipinski definition) is 9. The lowest BCUT2D eigenvalue weighted by atomic mass is 10.1. The molecule has 3 aromatic rings. The highest BCUT2D eigenvalue weighted by atomic mass is 16.6. The first-order valence-corrected chi connectivity index (χ1v) is 9.23. The Hall–Kier alpha value is -2.79. The van der Waals surface area contributed by atoms with Crippen LogP contribution in [0.15, 0.2) is 24.8 Å². The van der Waals surface area contributed by atoms with Gasteiger partial charge in [0.2, 0.25) is 0 Å². The number of aromatic nitrogens is 4. The van der Waals surface area contributed by atoms with Crippen LogP contribution in [0.3, 0.4) is 0 Å². The molecule has 0 bridgehead atoms. The van der Waals surface area contributed by atoms with E-state index in [2.05, 4.69) is 20.3 Å². The third kappa shape index (κ3) is 3.40. The molecule has 0 radical (unpaired) electrons. The van der Waals surface area contributed by atoms with Crippen molar-refractivity contribution in [2.75, 3.05) is 11.9 Å². The predicted octanol–water partition coefficient (Wildman–Crippen LogP) is 0.372. The van der Waals surface area contributed by atoms with Crippen LogP contribution in [0, 0.1) is 13.8 Å². The Balaban J connectivity index is 1.60. The van der Waals surface area contributed by atoms with E-state index in [0.717, 1.165) is 16.7 Å². The summed E-state index contributed by atoms with van der Waals surface area (Å²) in [6.07, 6.45) is -1.40. The molecule has 29 heavy (non-hydrogen) atoms. The number of phenols is 1. The molecule has 2 aromatic heterocycles. The average Bonchev–Trinajstić information content (AvgIpc) is 3.26. The number of aliphatic hydroxyl groups excluding tert-OH is 3. The van der Waals surface area contributed by atoms with Gasteiger partial charge in [-0.3, -0.25) is 4.57 Å². The van der Waals surface area contributed by atoms with E-state index < -0.39 is 31.1 Å². The van der Waals surface area contributed by atoms with E-state index in [0.29, 0.717) is 23.5 Å². The second-order valence-electron chi connectivity index (χ2n) is 7.21. The molecule has 1 saturated heterocycles. The standard InChI is InChI=1S/C19H23N5O5/c1-9-3-11(4-10(2)14(9)26)5-20-17-13-18(22-7-21-17)24(8-23-13)19-16(28)15(27)12(6-25)29-19/h3-4,7-8,12,15-16,19,25-28H,5-6H2,1-2H3,(H,20,21,22)/t12-,15-,16-,19-/m1/s1. The Morgan fingerprint density at radius 2 is 1.83 bits per heavy atom. The molecule has 4 atom stereocenters. The smallest absolute Gasteiger partial charge is 0.167 e. The van der Waals surface area contributed by atoms with Crippen LogP contribution in [0.4, 0.5) is 5.82 Å². The summed E-state index contributed by atoms with van der Waals surface area (Å²) in [5.74, 6) is 0.791. The molecule has 10 heteroatoms. The molecule has 3 heterocycles. The SMILES string of the molecule is Cc1cc(CNc2ncnc3c2ncn3[C@@H]2O[C@H](CO)[C@@H](O)[C@H]2O)cc(C)c1O. The number of nitrogens with zero attached hydrogens (tertiary/aromatic N) is 4. The molecule has 5 N–H and O–H groups in total. The van der Waals surface area contributed by atoms with E-state index in [4.69, 9.17) is 4.74 Å². The molecule has 1 aliphatic rings. The minimum atomic E-state index is -1.22. The Morgan fingerprint density at radius 3 is 2.48 bits per heavy atom. The Morgan fingerprint density at radius 1 is 1.10 bits per heavy atom. The van der Waals surface area contributed by atoms with Gasteiger partial charge in [-0.1, -0.05) is 12.1 Å². The monoisotopic (exact) mass is 401 g/mol. The van der Waals surface area contributed by atoms with Crippen LogP contribution in [-0.2, 0) is 11.3 Å². The normalized spacial score (nSPS) is 24.3. The van der Waals surface area contributed by atoms with Crippen molar-refractivity contribution in [3.05, 3.63) is 41.5 Å². The van der Waals surface area contributed by atoms with E-state index in [9.17, 15) is 20.4 Å². The molecular weight excluding hydrogens is 378 g/mol. The zero-order chi connectivity index (χ0) is 20.7. The second kappa shape index (κ2) is 7.56. The molecule has 0 spiro atoms. The second-order valence-corrected chi connectivity index (χ2v) is 7.21. The first kappa shape index (κ1) is 19.5. The molecule has 4 rings (SSSR count). The number of hydrogen-bond donors (Lipinski definition) is 5. The number of phenolic OH excluding ortho intramolecular Hbond substituents is 1. The lowest BCUT2D eigenvalue weighted by Crippen LogP contribution is -2.33. The maximum atomic E-state index is 10.3. The predicted molar refractivity (Wildman–Crippen MR) is 103 cm³/mol. The van der Waals surface area contributed by atoms with Gasteiger partial charge in [-0.05, 0) is 30.5 Å². The fourth-order valence-electron chi connectivity index (χ4n) is 3.61. The molecule has 0 amide bonds. The summed E-state index contributed by atoms with van der Waals surface area (Å²) in [5.41, 5.74) is 3.48. The van der Waals surface area contributed by atoms with E-state index in [-0.39, 0.29) is 5.75 Å². The number of aliphatic hydroxyl groups is 3. The van der Waals surface area contributed by atoms with Crippen molar-refractivity contribution in [2.24, 2.45) is 0 Å². The van der Waals surface area contributed by atoms with Gasteiger partial charge < -0.3 is 30.5 Å². The van der Waals surface area contributed by atoms with Crippen LogP contribution in [-0.4, -0.2) is 64.9 Å². The van der Waals surface area contributed by atoms with Gasteiger partial charge in [-0.25, -0.2) is 15.0 Å². The summed E-state index contributed by atoms with van der Waals surface area (Å²) in [7, 11) is 0. The Bertz CT molecular complexity index is 1020. The summed E-state index contributed by atoms with van der Waals surface area (Å²) in [4.78, 5) is 12.8. The Labute approximate surface area is 166 Å². The maximum absolute atomic E-state index is 10.3. The van der Waals surface area contributed by atoms with E-state index in [1.165, 1.54) is 17.2 Å². The van der Waals surface area contributed by atoms with Gasteiger partial charge in [0, 0.05) is 6.54 Å². The van der Waals surface area contributed by atoms with Crippen molar-refractivity contribution in [2.45, 2.75) is 44.9 Å². The highest BCUT2D eigenvalue weighted by molar-refractivity contribution is 5.82. The van der Waals surface area contributed by atoms with Gasteiger partial charge >= 0.3 is 0 Å². The zero-order valence-corrected chi connectivity index (χ0v) is 16.0. The molecule has 1 aliphatic heterocycles. The largest absolute Gasteiger partial charge is 0.507 e. The van der Waals surface area contributed by atoms with E-state index >= 15 is 0 Å². The van der Waals surface area contributed by atoms with Crippen molar-refractivity contribution in [3.8, 4) is 5.75 Å². The van der Waals surface area contributed by atoms with E-state index in [1.807, 2.05) is 26.0 Å². The number of aryl methyl sites for hydroxylation is 2. The van der Waals surface area contributed by atoms with Crippen LogP contribution in [0.5, 0.6) is 5.75 Å². The van der Waals surface area contributed by atoms with Crippen LogP contribution in [0.2, 0.25) is 0 Å². The lowest BCUT2D eigenvalue weighted by Gasteiger charge is -2.16. The van der Waals surface area contributed by atoms with Crippen LogP contribution in [0.25, 0.3) is 11.2 Å². The first-order valence-electron chi connectivity index (χ1n) is 9.23. The van der Waals surface area contributed by atoms with Crippen LogP contribution < -0.4 is 5.32 Å². The number of aromatic hydroxyl groups is 1. The maximum Gasteiger partial charge on any atom is 0.167 e. The molecule has 10 nitrogen and oxygen atoms in total. The molecule has 0 saturated carbocycles. The number of imidazole rings is 1. The van der Waals surface area contributed by atoms with Crippen molar-refractivity contribution in [1.29, 1.82) is 0 Å². The molecule has 154 valence electrons. The summed E-state index contributed by atoms with van der Waals surface area (Å²) in [6.45, 7) is 3.75. The van der Waals surface area contributed by atoms with Crippen molar-refractivity contribution in [3.63, 3.8) is 0 Å². The number of fused-ring (bicyclic) bond motifs is 1. The highest BCUT2D eigenvalue weighted by Gasteiger charge is 2.44. The number of nitrogens with one attached hydrogen (secondary N) is 1. The number of ether oxygens (including phenoxy) is 1. The van der Waals surface area contributed by atoms with Crippen LogP contribution in [0.1, 0.15) is 22.9 Å². The summed E-state index contributed by atoms with van der Waals surface area (Å²) in [6, 6.07) is 3.79. The summed E-state index contributed by atoms with van der Waals surface area (Å²) in [5, 5.41) is 42.7. The molecule has 1 aromatic carbocycles. The number of benzene rings is 1. The zero-order valence-electron chi connectivity index (χ0n) is 16.0. The summed E-state index contributed by atoms with van der Waals surface area (Å²) < 4.78 is 7.08. The van der Waals surface area contributed by atoms with Gasteiger partial charge in [0.25, 0.3) is 0 Å². The third-order valence-corrected chi connectivity index (χ3v) is 5.16. The van der Waals surface area contributed by atoms with E-state index in [1.54, 1.807) is 0 Å². The number of rotatable bonds is 5. The molecule has 1 fully saturated rings. The fraction of sp³-hybridized carbons (Fsp3) is 0.421. The highest BCUT2D eigenvalue weighted by Crippen LogP contribution is 2.32. The summed E-state index contributed by atoms with van der Waals surface area (Å²) >= 11 is 0. The lowest BCUT2D eigenvalue weighted by molar-refractivity contribution is -0.0511. The Kier molecular flexibility index (Phi) is 5.09. The van der Waals surface area contributed by atoms with Gasteiger partial charge in [0.1, 0.15) is 30.4 Å². The molecule has 0 unspecified atom stereocenters. The van der Waals surface area contributed by atoms with Crippen molar-refractivity contribution in [1.82, 2.24) is 19.5 Å². The minimum absolute atomic E-state index is 0.287. The quantitative estimate of drug-likeness (QED) is 0.409. The topological polar surface area (TPSA) is 146 Å². The van der Waals surface area contributed by atoms with Gasteiger partial charge in [-0.15, -0.1) is 0 Å². The third-order valence-electron chi connectivity index (χ3n) is 5.16. The first-order chi connectivity index (χ1) is 13.9. The fourth-order valence-corrected chi connectivity index (χ4v) is 3.61. The average molecular weight is 401 g/mol. The number of anilines is 1. The van der Waals surface area contributed by atoms with Crippen molar-refractivity contribution < 1.29 is 25.2 Å². The van der Waals surface area contributed by atoms with Gasteiger partial charge in [0.05, 0.1) is 12.9 Å². The van der Waals surface area contributed by atoms with Gasteiger partial charge in [0.15, 0.2) is 23.2 Å². The van der Waals surface area contributed by atoms with Crippen LogP contribution >= 0.6 is 0 Å². The molecule has 0 aliphatic carbocycles. The minimum Gasteiger partial charge on any atom is -0.507 e.